The number of aromatic amines is 1. The summed E-state index contributed by atoms with van der Waals surface area (Å²) in [5.74, 6) is 0.191. The molecule has 0 amide bonds. The normalized spacial score (nSPS) is 12.3. The Morgan fingerprint density at radius 1 is 1.45 bits per heavy atom. The first kappa shape index (κ1) is 16.3. The van der Waals surface area contributed by atoms with Gasteiger partial charge in [0.1, 0.15) is 11.5 Å². The first-order chi connectivity index (χ1) is 9.51. The van der Waals surface area contributed by atoms with Gasteiger partial charge in [0.25, 0.3) is 5.56 Å². The minimum atomic E-state index is -0.482. The number of hydrogen-bond donors (Lipinski definition) is 3. The van der Waals surface area contributed by atoms with Gasteiger partial charge in [-0.1, -0.05) is 13.3 Å². The van der Waals surface area contributed by atoms with Crippen LogP contribution in [0.2, 0.25) is 0 Å². The van der Waals surface area contributed by atoms with Gasteiger partial charge in [-0.3, -0.25) is 14.3 Å². The van der Waals surface area contributed by atoms with Crippen LogP contribution < -0.4 is 22.3 Å². The summed E-state index contributed by atoms with van der Waals surface area (Å²) in [6.45, 7) is 5.04. The molecule has 4 N–H and O–H groups in total. The number of ether oxygens (including phenoxy) is 1. The van der Waals surface area contributed by atoms with Crippen LogP contribution in [0.3, 0.4) is 0 Å². The highest BCUT2D eigenvalue weighted by atomic mass is 16.5. The molecule has 0 saturated carbocycles. The van der Waals surface area contributed by atoms with E-state index in [1.807, 2.05) is 13.8 Å². The van der Waals surface area contributed by atoms with Gasteiger partial charge in [0.15, 0.2) is 0 Å². The molecule has 0 radical (unpaired) electrons. The Balaban J connectivity index is 3.01. The highest BCUT2D eigenvalue weighted by molar-refractivity contribution is 5.60. The van der Waals surface area contributed by atoms with Crippen molar-refractivity contribution in [1.82, 2.24) is 9.55 Å². The van der Waals surface area contributed by atoms with E-state index in [1.54, 1.807) is 7.11 Å². The van der Waals surface area contributed by atoms with E-state index in [0.717, 1.165) is 19.3 Å². The van der Waals surface area contributed by atoms with Gasteiger partial charge in [0.2, 0.25) is 0 Å². The molecule has 0 aliphatic rings. The molecule has 1 aromatic heterocycles. The molecule has 7 nitrogen and oxygen atoms in total. The van der Waals surface area contributed by atoms with Gasteiger partial charge in [-0.2, -0.15) is 0 Å². The number of anilines is 2. The lowest BCUT2D eigenvalue weighted by Gasteiger charge is -2.17. The average molecular weight is 284 g/mol. The number of nitrogens with zero attached hydrogens (tertiary/aromatic N) is 1. The van der Waals surface area contributed by atoms with E-state index in [2.05, 4.69) is 10.3 Å². The standard InChI is InChI=1S/C13H24N4O3/c1-4-5-7-17-11(14)10(12(18)16-13(17)19)15-9(2)6-8-20-3/h9,15H,4-8,14H2,1-3H3,(H,16,18,19). The first-order valence-electron chi connectivity index (χ1n) is 6.89. The van der Waals surface area contributed by atoms with Crippen molar-refractivity contribution in [3.05, 3.63) is 20.8 Å². The SMILES string of the molecule is CCCCn1c(N)c(NC(C)CCOC)c(=O)[nH]c1=O. The molecule has 0 aliphatic carbocycles. The average Bonchev–Trinajstić information content (AvgIpc) is 2.41. The predicted molar refractivity (Wildman–Crippen MR) is 80.2 cm³/mol. The third-order valence-electron chi connectivity index (χ3n) is 3.12. The molecule has 1 aromatic rings. The lowest BCUT2D eigenvalue weighted by atomic mass is 10.2. The summed E-state index contributed by atoms with van der Waals surface area (Å²) in [5.41, 5.74) is 5.26. The molecule has 0 saturated heterocycles. The summed E-state index contributed by atoms with van der Waals surface area (Å²) < 4.78 is 6.39. The zero-order valence-electron chi connectivity index (χ0n) is 12.4. The second-order valence-electron chi connectivity index (χ2n) is 4.85. The first-order valence-corrected chi connectivity index (χ1v) is 6.89. The maximum absolute atomic E-state index is 11.9. The van der Waals surface area contributed by atoms with Crippen LogP contribution in [0, 0.1) is 0 Å². The number of hydrogen-bond acceptors (Lipinski definition) is 5. The fraction of sp³-hybridized carbons (Fsp3) is 0.692. The van der Waals surface area contributed by atoms with Crippen LogP contribution in [0.25, 0.3) is 0 Å². The molecule has 0 bridgehead atoms. The van der Waals surface area contributed by atoms with Gasteiger partial charge < -0.3 is 15.8 Å². The van der Waals surface area contributed by atoms with Crippen molar-refractivity contribution >= 4 is 11.5 Å². The predicted octanol–water partition coefficient (Wildman–Crippen LogP) is 0.756. The molecular weight excluding hydrogens is 260 g/mol. The highest BCUT2D eigenvalue weighted by Gasteiger charge is 2.13. The third-order valence-corrected chi connectivity index (χ3v) is 3.12. The van der Waals surface area contributed by atoms with Gasteiger partial charge in [-0.25, -0.2) is 4.79 Å². The van der Waals surface area contributed by atoms with Crippen LogP contribution in [0.5, 0.6) is 0 Å². The number of methoxy groups -OCH3 is 1. The monoisotopic (exact) mass is 284 g/mol. The van der Waals surface area contributed by atoms with Crippen molar-refractivity contribution in [3.63, 3.8) is 0 Å². The van der Waals surface area contributed by atoms with Gasteiger partial charge in [0.05, 0.1) is 0 Å². The molecule has 1 heterocycles. The van der Waals surface area contributed by atoms with Crippen LogP contribution in [0.4, 0.5) is 11.5 Å². The van der Waals surface area contributed by atoms with E-state index >= 15 is 0 Å². The van der Waals surface area contributed by atoms with Crippen molar-refractivity contribution in [2.24, 2.45) is 0 Å². The molecule has 1 atom stereocenters. The summed E-state index contributed by atoms with van der Waals surface area (Å²) in [6, 6.07) is 0.0236. The zero-order valence-corrected chi connectivity index (χ0v) is 12.4. The van der Waals surface area contributed by atoms with Crippen LogP contribution in [-0.2, 0) is 11.3 Å². The number of H-pyrrole nitrogens is 1. The van der Waals surface area contributed by atoms with E-state index in [-0.39, 0.29) is 17.5 Å². The highest BCUT2D eigenvalue weighted by Crippen LogP contribution is 2.13. The van der Waals surface area contributed by atoms with E-state index in [9.17, 15) is 9.59 Å². The molecule has 0 fully saturated rings. The van der Waals surface area contributed by atoms with Crippen LogP contribution in [-0.4, -0.2) is 29.3 Å². The quantitative estimate of drug-likeness (QED) is 0.654. The molecular formula is C13H24N4O3. The maximum Gasteiger partial charge on any atom is 0.330 e. The van der Waals surface area contributed by atoms with Gasteiger partial charge >= 0.3 is 5.69 Å². The Bertz CT molecular complexity index is 535. The third kappa shape index (κ3) is 4.12. The fourth-order valence-corrected chi connectivity index (χ4v) is 1.88. The summed E-state index contributed by atoms with van der Waals surface area (Å²) >= 11 is 0. The number of nitrogens with two attached hydrogens (primary N) is 1. The number of rotatable bonds is 8. The smallest absolute Gasteiger partial charge is 0.330 e. The number of nitrogens with one attached hydrogen (secondary N) is 2. The van der Waals surface area contributed by atoms with E-state index in [1.165, 1.54) is 4.57 Å². The lowest BCUT2D eigenvalue weighted by molar-refractivity contribution is 0.191. The van der Waals surface area contributed by atoms with Crippen molar-refractivity contribution in [1.29, 1.82) is 0 Å². The Morgan fingerprint density at radius 2 is 2.15 bits per heavy atom. The van der Waals surface area contributed by atoms with Crippen LogP contribution >= 0.6 is 0 Å². The molecule has 20 heavy (non-hydrogen) atoms. The molecule has 0 spiro atoms. The van der Waals surface area contributed by atoms with Crippen molar-refractivity contribution in [2.75, 3.05) is 24.8 Å². The van der Waals surface area contributed by atoms with Crippen LogP contribution in [0.1, 0.15) is 33.1 Å². The maximum atomic E-state index is 11.9. The number of nitrogen functional groups attached to an aromatic ring is 1. The summed E-state index contributed by atoms with van der Waals surface area (Å²) in [4.78, 5) is 25.9. The van der Waals surface area contributed by atoms with Crippen molar-refractivity contribution in [3.8, 4) is 0 Å². The second-order valence-corrected chi connectivity index (χ2v) is 4.85. The largest absolute Gasteiger partial charge is 0.385 e. The van der Waals surface area contributed by atoms with E-state index in [4.69, 9.17) is 10.5 Å². The Morgan fingerprint density at radius 3 is 2.75 bits per heavy atom. The minimum Gasteiger partial charge on any atom is -0.385 e. The van der Waals surface area contributed by atoms with Gasteiger partial charge in [-0.15, -0.1) is 0 Å². The molecule has 7 heteroatoms. The van der Waals surface area contributed by atoms with Crippen molar-refractivity contribution in [2.45, 2.75) is 45.7 Å². The zero-order chi connectivity index (χ0) is 15.1. The molecule has 1 rings (SSSR count). The molecule has 0 aliphatic heterocycles. The minimum absolute atomic E-state index is 0.0236. The number of aromatic nitrogens is 2. The molecule has 1 unspecified atom stereocenters. The van der Waals surface area contributed by atoms with E-state index in [0.29, 0.717) is 13.2 Å². The second kappa shape index (κ2) is 7.74. The van der Waals surface area contributed by atoms with E-state index < -0.39 is 11.2 Å². The summed E-state index contributed by atoms with van der Waals surface area (Å²) in [5, 5.41) is 3.05. The molecule has 0 aromatic carbocycles. The van der Waals surface area contributed by atoms with Gasteiger partial charge in [0, 0.05) is 26.3 Å². The Kier molecular flexibility index (Phi) is 6.30. The Labute approximate surface area is 118 Å². The van der Waals surface area contributed by atoms with Crippen LogP contribution in [0.15, 0.2) is 9.59 Å². The lowest BCUT2D eigenvalue weighted by Crippen LogP contribution is -2.35. The molecule has 114 valence electrons. The Hall–Kier alpha value is -1.76. The van der Waals surface area contributed by atoms with Crippen molar-refractivity contribution < 1.29 is 4.74 Å². The number of unbranched alkanes of at least 4 members (excludes halogenated alkanes) is 1. The fourth-order valence-electron chi connectivity index (χ4n) is 1.88. The summed E-state index contributed by atoms with van der Waals surface area (Å²) in [7, 11) is 1.62. The van der Waals surface area contributed by atoms with Gasteiger partial charge in [-0.05, 0) is 19.8 Å². The topological polar surface area (TPSA) is 102 Å². The summed E-state index contributed by atoms with van der Waals surface area (Å²) in [6.07, 6.45) is 2.51.